The molecule has 0 fully saturated rings. The predicted octanol–water partition coefficient (Wildman–Crippen LogP) is 4.48. The van der Waals surface area contributed by atoms with Crippen molar-refractivity contribution in [2.75, 3.05) is 7.11 Å². The molecule has 8 nitrogen and oxygen atoms in total. The van der Waals surface area contributed by atoms with Crippen LogP contribution in [0, 0.1) is 0 Å². The Morgan fingerprint density at radius 2 is 0.853 bits per heavy atom. The monoisotopic (exact) mass is 462 g/mol. The Labute approximate surface area is 196 Å². The molecule has 0 saturated heterocycles. The average Bonchev–Trinajstić information content (AvgIpc) is 2.84. The molecule has 0 aliphatic heterocycles. The average molecular weight is 462 g/mol. The Balaban J connectivity index is 1.58. The van der Waals surface area contributed by atoms with Crippen LogP contribution in [-0.2, 0) is 9.47 Å². The van der Waals surface area contributed by atoms with Gasteiger partial charge in [0.05, 0.1) is 35.5 Å². The molecule has 0 aromatic heterocycles. The summed E-state index contributed by atoms with van der Waals surface area (Å²) in [6.07, 6.45) is -0.244. The molecule has 0 unspecified atom stereocenters. The number of esters is 4. The lowest BCUT2D eigenvalue weighted by atomic mass is 10.1. The molecule has 0 bridgehead atoms. The van der Waals surface area contributed by atoms with Gasteiger partial charge in [-0.1, -0.05) is 0 Å². The molecule has 3 aromatic rings. The second-order valence-electron chi connectivity index (χ2n) is 7.35. The molecule has 0 spiro atoms. The van der Waals surface area contributed by atoms with Crippen molar-refractivity contribution in [3.63, 3.8) is 0 Å². The summed E-state index contributed by atoms with van der Waals surface area (Å²) < 4.78 is 20.3. The number of carbonyl (C=O) groups is 4. The molecule has 0 aliphatic rings. The van der Waals surface area contributed by atoms with Crippen molar-refractivity contribution in [3.8, 4) is 11.5 Å². The molecule has 0 N–H and O–H groups in total. The van der Waals surface area contributed by atoms with Gasteiger partial charge in [-0.2, -0.15) is 0 Å². The maximum absolute atomic E-state index is 12.4. The van der Waals surface area contributed by atoms with Crippen molar-refractivity contribution >= 4 is 23.9 Å². The third-order valence-electron chi connectivity index (χ3n) is 4.49. The molecule has 0 radical (unpaired) electrons. The van der Waals surface area contributed by atoms with Crippen LogP contribution in [0.1, 0.15) is 55.3 Å². The quantitative estimate of drug-likeness (QED) is 0.374. The Hall–Kier alpha value is -4.46. The van der Waals surface area contributed by atoms with E-state index in [-0.39, 0.29) is 28.7 Å². The topological polar surface area (TPSA) is 105 Å². The van der Waals surface area contributed by atoms with E-state index >= 15 is 0 Å². The zero-order valence-electron chi connectivity index (χ0n) is 18.8. The van der Waals surface area contributed by atoms with Gasteiger partial charge in [0.15, 0.2) is 0 Å². The SMILES string of the molecule is COC(=O)c1ccc(C(=O)Oc2ccc(OC(=O)c3ccc(C(=O)OC(C)C)cc3)cc2)cc1. The van der Waals surface area contributed by atoms with E-state index in [1.54, 1.807) is 13.8 Å². The number of ether oxygens (including phenoxy) is 4. The molecule has 0 atom stereocenters. The van der Waals surface area contributed by atoms with Crippen LogP contribution in [0.4, 0.5) is 0 Å². The van der Waals surface area contributed by atoms with E-state index in [2.05, 4.69) is 4.74 Å². The maximum Gasteiger partial charge on any atom is 0.343 e. The fraction of sp³-hybridized carbons (Fsp3) is 0.154. The van der Waals surface area contributed by atoms with Gasteiger partial charge < -0.3 is 18.9 Å². The molecule has 0 heterocycles. The predicted molar refractivity (Wildman–Crippen MR) is 121 cm³/mol. The van der Waals surface area contributed by atoms with Gasteiger partial charge in [0, 0.05) is 0 Å². The van der Waals surface area contributed by atoms with Gasteiger partial charge in [-0.25, -0.2) is 19.2 Å². The Kier molecular flexibility index (Phi) is 7.76. The van der Waals surface area contributed by atoms with E-state index in [1.807, 2.05) is 0 Å². The van der Waals surface area contributed by atoms with Crippen molar-refractivity contribution in [1.82, 2.24) is 0 Å². The van der Waals surface area contributed by atoms with Crippen molar-refractivity contribution in [1.29, 1.82) is 0 Å². The number of carbonyl (C=O) groups excluding carboxylic acids is 4. The third-order valence-corrected chi connectivity index (χ3v) is 4.49. The van der Waals surface area contributed by atoms with Crippen molar-refractivity contribution < 1.29 is 38.1 Å². The number of hydrogen-bond donors (Lipinski definition) is 0. The van der Waals surface area contributed by atoms with E-state index in [0.717, 1.165) is 0 Å². The zero-order chi connectivity index (χ0) is 24.7. The molecule has 3 rings (SSSR count). The molecule has 174 valence electrons. The first kappa shape index (κ1) is 24.2. The standard InChI is InChI=1S/C26H22O8/c1-16(2)32-24(28)18-8-10-20(11-9-18)26(30)34-22-14-12-21(13-15-22)33-25(29)19-6-4-17(5-7-19)23(27)31-3/h4-16H,1-3H3. The number of rotatable bonds is 7. The van der Waals surface area contributed by atoms with E-state index in [0.29, 0.717) is 11.1 Å². The Bertz CT molecular complexity index is 1180. The molecule has 0 amide bonds. The second-order valence-corrected chi connectivity index (χ2v) is 7.35. The van der Waals surface area contributed by atoms with Crippen LogP contribution in [0.15, 0.2) is 72.8 Å². The molecular formula is C26H22O8. The van der Waals surface area contributed by atoms with Crippen LogP contribution in [0.2, 0.25) is 0 Å². The van der Waals surface area contributed by atoms with Crippen LogP contribution in [-0.4, -0.2) is 37.1 Å². The zero-order valence-corrected chi connectivity index (χ0v) is 18.8. The first-order valence-corrected chi connectivity index (χ1v) is 10.3. The van der Waals surface area contributed by atoms with Gasteiger partial charge in [0.25, 0.3) is 0 Å². The first-order chi connectivity index (χ1) is 16.3. The Morgan fingerprint density at radius 3 is 1.18 bits per heavy atom. The van der Waals surface area contributed by atoms with Gasteiger partial charge in [0.1, 0.15) is 11.5 Å². The summed E-state index contributed by atoms with van der Waals surface area (Å²) >= 11 is 0. The smallest absolute Gasteiger partial charge is 0.343 e. The van der Waals surface area contributed by atoms with Crippen molar-refractivity contribution in [2.45, 2.75) is 20.0 Å². The summed E-state index contributed by atoms with van der Waals surface area (Å²) in [4.78, 5) is 48.0. The first-order valence-electron chi connectivity index (χ1n) is 10.3. The van der Waals surface area contributed by atoms with E-state index in [1.165, 1.54) is 79.9 Å². The van der Waals surface area contributed by atoms with Gasteiger partial charge in [-0.05, 0) is 86.6 Å². The number of hydrogen-bond acceptors (Lipinski definition) is 8. The molecular weight excluding hydrogens is 440 g/mol. The minimum atomic E-state index is -0.614. The highest BCUT2D eigenvalue weighted by Gasteiger charge is 2.14. The fourth-order valence-electron chi connectivity index (χ4n) is 2.79. The summed E-state index contributed by atoms with van der Waals surface area (Å²) in [6.45, 7) is 3.50. The highest BCUT2D eigenvalue weighted by molar-refractivity contribution is 5.95. The molecule has 8 heteroatoms. The summed E-state index contributed by atoms with van der Waals surface area (Å²) in [6, 6.07) is 17.7. The highest BCUT2D eigenvalue weighted by Crippen LogP contribution is 2.20. The summed E-state index contributed by atoms with van der Waals surface area (Å²) in [5, 5.41) is 0. The molecule has 0 saturated carbocycles. The minimum absolute atomic E-state index is 0.244. The lowest BCUT2D eigenvalue weighted by Crippen LogP contribution is -2.13. The van der Waals surface area contributed by atoms with Crippen LogP contribution in [0.3, 0.4) is 0 Å². The van der Waals surface area contributed by atoms with Gasteiger partial charge in [-0.15, -0.1) is 0 Å². The molecule has 3 aromatic carbocycles. The van der Waals surface area contributed by atoms with E-state index in [9.17, 15) is 19.2 Å². The third kappa shape index (κ3) is 6.29. The van der Waals surface area contributed by atoms with Crippen molar-refractivity contribution in [3.05, 3.63) is 95.1 Å². The second kappa shape index (κ2) is 10.9. The summed E-state index contributed by atoms with van der Waals surface area (Å²) in [5.41, 5.74) is 1.16. The van der Waals surface area contributed by atoms with Crippen molar-refractivity contribution in [2.24, 2.45) is 0 Å². The molecule has 34 heavy (non-hydrogen) atoms. The Morgan fingerprint density at radius 1 is 0.529 bits per heavy atom. The van der Waals surface area contributed by atoms with Crippen LogP contribution < -0.4 is 9.47 Å². The fourth-order valence-corrected chi connectivity index (χ4v) is 2.79. The minimum Gasteiger partial charge on any atom is -0.465 e. The number of benzene rings is 3. The summed E-state index contributed by atoms with van der Waals surface area (Å²) in [7, 11) is 1.27. The number of methoxy groups -OCH3 is 1. The maximum atomic E-state index is 12.4. The molecule has 0 aliphatic carbocycles. The van der Waals surface area contributed by atoms with Gasteiger partial charge >= 0.3 is 23.9 Å². The normalized spacial score (nSPS) is 10.4. The van der Waals surface area contributed by atoms with Gasteiger partial charge in [-0.3, -0.25) is 0 Å². The lowest BCUT2D eigenvalue weighted by Gasteiger charge is -2.09. The van der Waals surface area contributed by atoms with E-state index in [4.69, 9.17) is 14.2 Å². The highest BCUT2D eigenvalue weighted by atomic mass is 16.5. The van der Waals surface area contributed by atoms with E-state index < -0.39 is 23.9 Å². The largest absolute Gasteiger partial charge is 0.465 e. The van der Waals surface area contributed by atoms with Crippen LogP contribution >= 0.6 is 0 Å². The summed E-state index contributed by atoms with van der Waals surface area (Å²) in [5.74, 6) is -1.71. The lowest BCUT2D eigenvalue weighted by molar-refractivity contribution is 0.0376. The van der Waals surface area contributed by atoms with Crippen LogP contribution in [0.25, 0.3) is 0 Å². The van der Waals surface area contributed by atoms with Gasteiger partial charge in [0.2, 0.25) is 0 Å². The van der Waals surface area contributed by atoms with Crippen LogP contribution in [0.5, 0.6) is 11.5 Å².